The van der Waals surface area contributed by atoms with Crippen LogP contribution in [0.2, 0.25) is 0 Å². The first-order chi connectivity index (χ1) is 8.19. The summed E-state index contributed by atoms with van der Waals surface area (Å²) in [6.07, 6.45) is 3.42. The highest BCUT2D eigenvalue weighted by atomic mass is 16.6. The number of hydrogen-bond acceptors (Lipinski definition) is 3. The molecule has 0 N–H and O–H groups in total. The highest BCUT2D eigenvalue weighted by molar-refractivity contribution is 6.06. The molecule has 3 nitrogen and oxygen atoms in total. The van der Waals surface area contributed by atoms with Crippen LogP contribution in [0.25, 0.3) is 0 Å². The van der Waals surface area contributed by atoms with E-state index in [9.17, 15) is 9.59 Å². The SMILES string of the molecule is CCC12CCCc3cccc(c31)C(=O)OC2=O. The normalized spacial score (nSPS) is 26.4. The summed E-state index contributed by atoms with van der Waals surface area (Å²) in [6, 6.07) is 5.66. The first-order valence-electron chi connectivity index (χ1n) is 6.08. The van der Waals surface area contributed by atoms with E-state index < -0.39 is 11.4 Å². The Hall–Kier alpha value is -1.64. The molecule has 0 spiro atoms. The minimum atomic E-state index is -0.571. The monoisotopic (exact) mass is 230 g/mol. The number of cyclic esters (lactones) is 2. The molecule has 17 heavy (non-hydrogen) atoms. The maximum absolute atomic E-state index is 12.1. The van der Waals surface area contributed by atoms with Crippen LogP contribution in [0.1, 0.15) is 47.7 Å². The summed E-state index contributed by atoms with van der Waals surface area (Å²) in [5.41, 5.74) is 2.09. The van der Waals surface area contributed by atoms with Crippen LogP contribution >= 0.6 is 0 Å². The smallest absolute Gasteiger partial charge is 0.346 e. The van der Waals surface area contributed by atoms with Gasteiger partial charge in [-0.2, -0.15) is 0 Å². The van der Waals surface area contributed by atoms with E-state index in [0.29, 0.717) is 12.0 Å². The molecule has 1 aromatic rings. The number of carbonyl (C=O) groups is 2. The number of hydrogen-bond donors (Lipinski definition) is 0. The molecule has 0 fully saturated rings. The number of benzene rings is 1. The Morgan fingerprint density at radius 3 is 2.94 bits per heavy atom. The largest absolute Gasteiger partial charge is 0.389 e. The fraction of sp³-hybridized carbons (Fsp3) is 0.429. The lowest BCUT2D eigenvalue weighted by molar-refractivity contribution is -0.146. The quantitative estimate of drug-likeness (QED) is 0.549. The predicted octanol–water partition coefficient (Wildman–Crippen LogP) is 2.37. The third kappa shape index (κ3) is 1.22. The fourth-order valence-corrected chi connectivity index (χ4v) is 3.19. The Labute approximate surface area is 99.8 Å². The molecule has 0 bridgehead atoms. The van der Waals surface area contributed by atoms with Crippen molar-refractivity contribution in [3.05, 3.63) is 34.9 Å². The zero-order chi connectivity index (χ0) is 12.0. The van der Waals surface area contributed by atoms with Gasteiger partial charge in [-0.1, -0.05) is 19.1 Å². The van der Waals surface area contributed by atoms with Crippen LogP contribution in [0.4, 0.5) is 0 Å². The highest BCUT2D eigenvalue weighted by Gasteiger charge is 2.49. The highest BCUT2D eigenvalue weighted by Crippen LogP contribution is 2.45. The van der Waals surface area contributed by atoms with Gasteiger partial charge in [-0.3, -0.25) is 4.79 Å². The average molecular weight is 230 g/mol. The molecule has 1 aliphatic heterocycles. The van der Waals surface area contributed by atoms with Gasteiger partial charge in [0.05, 0.1) is 11.0 Å². The van der Waals surface area contributed by atoms with Gasteiger partial charge < -0.3 is 4.74 Å². The van der Waals surface area contributed by atoms with E-state index in [1.54, 1.807) is 6.07 Å². The molecular weight excluding hydrogens is 216 g/mol. The van der Waals surface area contributed by atoms with Crippen molar-refractivity contribution in [2.45, 2.75) is 38.0 Å². The number of esters is 2. The zero-order valence-electron chi connectivity index (χ0n) is 9.79. The second-order valence-electron chi connectivity index (χ2n) is 4.81. The van der Waals surface area contributed by atoms with E-state index in [0.717, 1.165) is 30.4 Å². The van der Waals surface area contributed by atoms with E-state index in [2.05, 4.69) is 0 Å². The lowest BCUT2D eigenvalue weighted by Crippen LogP contribution is -2.46. The Morgan fingerprint density at radius 2 is 2.18 bits per heavy atom. The molecule has 1 heterocycles. The molecule has 3 rings (SSSR count). The van der Waals surface area contributed by atoms with Gasteiger partial charge in [0.1, 0.15) is 0 Å². The van der Waals surface area contributed by atoms with Gasteiger partial charge in [0.25, 0.3) is 0 Å². The maximum Gasteiger partial charge on any atom is 0.346 e. The first kappa shape index (κ1) is 10.5. The van der Waals surface area contributed by atoms with Crippen LogP contribution in [-0.2, 0) is 21.4 Å². The van der Waals surface area contributed by atoms with Crippen LogP contribution in [-0.4, -0.2) is 11.9 Å². The average Bonchev–Trinajstić information content (AvgIpc) is 2.35. The molecule has 2 aliphatic rings. The van der Waals surface area contributed by atoms with Gasteiger partial charge in [-0.25, -0.2) is 4.79 Å². The minimum absolute atomic E-state index is 0.357. The third-order valence-corrected chi connectivity index (χ3v) is 4.08. The van der Waals surface area contributed by atoms with Crippen molar-refractivity contribution >= 4 is 11.9 Å². The van der Waals surface area contributed by atoms with Crippen LogP contribution in [0.15, 0.2) is 18.2 Å². The number of ether oxygens (including phenoxy) is 1. The molecule has 0 amide bonds. The fourth-order valence-electron chi connectivity index (χ4n) is 3.19. The molecule has 1 atom stereocenters. The molecular formula is C14H14O3. The van der Waals surface area contributed by atoms with Crippen LogP contribution in [0.3, 0.4) is 0 Å². The molecule has 1 unspecified atom stereocenters. The van der Waals surface area contributed by atoms with Crippen molar-refractivity contribution in [2.24, 2.45) is 0 Å². The van der Waals surface area contributed by atoms with Gasteiger partial charge in [0.2, 0.25) is 0 Å². The van der Waals surface area contributed by atoms with Crippen molar-refractivity contribution in [3.63, 3.8) is 0 Å². The van der Waals surface area contributed by atoms with E-state index in [1.165, 1.54) is 0 Å². The lowest BCUT2D eigenvalue weighted by Gasteiger charge is -2.39. The summed E-state index contributed by atoms with van der Waals surface area (Å²) in [5.74, 6) is -0.845. The molecule has 0 saturated heterocycles. The lowest BCUT2D eigenvalue weighted by atomic mass is 9.66. The molecule has 1 aromatic carbocycles. The Kier molecular flexibility index (Phi) is 2.12. The number of aryl methyl sites for hydroxylation is 1. The molecule has 3 heteroatoms. The van der Waals surface area contributed by atoms with Crippen LogP contribution < -0.4 is 0 Å². The van der Waals surface area contributed by atoms with Gasteiger partial charge in [-0.05, 0) is 42.9 Å². The van der Waals surface area contributed by atoms with Crippen LogP contribution in [0, 0.1) is 0 Å². The molecule has 1 aliphatic carbocycles. The van der Waals surface area contributed by atoms with Gasteiger partial charge in [0, 0.05) is 0 Å². The molecule has 0 saturated carbocycles. The van der Waals surface area contributed by atoms with Crippen molar-refractivity contribution in [2.75, 3.05) is 0 Å². The predicted molar refractivity (Wildman–Crippen MR) is 61.8 cm³/mol. The van der Waals surface area contributed by atoms with Crippen LogP contribution in [0.5, 0.6) is 0 Å². The van der Waals surface area contributed by atoms with E-state index >= 15 is 0 Å². The van der Waals surface area contributed by atoms with Gasteiger partial charge >= 0.3 is 11.9 Å². The summed E-state index contributed by atoms with van der Waals surface area (Å²) in [7, 11) is 0. The second kappa shape index (κ2) is 3.42. The van der Waals surface area contributed by atoms with E-state index in [-0.39, 0.29) is 5.97 Å². The standard InChI is InChI=1S/C14H14O3/c1-2-14-8-4-6-9-5-3-7-10(11(9)14)12(15)17-13(14)16/h3,5,7H,2,4,6,8H2,1H3. The summed E-state index contributed by atoms with van der Waals surface area (Å²) in [4.78, 5) is 23.8. The second-order valence-corrected chi connectivity index (χ2v) is 4.81. The maximum atomic E-state index is 12.1. The van der Waals surface area contributed by atoms with Gasteiger partial charge in [0.15, 0.2) is 0 Å². The molecule has 0 radical (unpaired) electrons. The van der Waals surface area contributed by atoms with Crippen molar-refractivity contribution in [1.29, 1.82) is 0 Å². The number of rotatable bonds is 1. The van der Waals surface area contributed by atoms with Gasteiger partial charge in [-0.15, -0.1) is 0 Å². The van der Waals surface area contributed by atoms with Crippen molar-refractivity contribution < 1.29 is 14.3 Å². The van der Waals surface area contributed by atoms with E-state index in [4.69, 9.17) is 4.74 Å². The molecule has 88 valence electrons. The van der Waals surface area contributed by atoms with E-state index in [1.807, 2.05) is 19.1 Å². The minimum Gasteiger partial charge on any atom is -0.389 e. The Morgan fingerprint density at radius 1 is 1.35 bits per heavy atom. The topological polar surface area (TPSA) is 43.4 Å². The Bertz CT molecular complexity index is 518. The Balaban J connectivity index is 2.34. The first-order valence-corrected chi connectivity index (χ1v) is 6.08. The summed E-state index contributed by atoms with van der Waals surface area (Å²) in [5, 5.41) is 0. The summed E-state index contributed by atoms with van der Waals surface area (Å²) < 4.78 is 4.92. The summed E-state index contributed by atoms with van der Waals surface area (Å²) >= 11 is 0. The summed E-state index contributed by atoms with van der Waals surface area (Å²) in [6.45, 7) is 1.99. The number of carbonyl (C=O) groups excluding carboxylic acids is 2. The van der Waals surface area contributed by atoms with Crippen molar-refractivity contribution in [1.82, 2.24) is 0 Å². The third-order valence-electron chi connectivity index (χ3n) is 4.08. The molecule has 0 aromatic heterocycles. The van der Waals surface area contributed by atoms with Crippen molar-refractivity contribution in [3.8, 4) is 0 Å². The zero-order valence-corrected chi connectivity index (χ0v) is 9.79.